The van der Waals surface area contributed by atoms with Crippen LogP contribution in [0.15, 0.2) is 22.6 Å². The van der Waals surface area contributed by atoms with E-state index >= 15 is 0 Å². The van der Waals surface area contributed by atoms with Gasteiger partial charge in [-0.1, -0.05) is 11.6 Å². The Morgan fingerprint density at radius 2 is 2.16 bits per heavy atom. The van der Waals surface area contributed by atoms with Gasteiger partial charge in [-0.2, -0.15) is 5.10 Å². The third-order valence-electron chi connectivity index (χ3n) is 3.03. The SMILES string of the molecule is Cc1nn(Cc2nc3cc(N)ccc3o2)c(C)c1Cl. The van der Waals surface area contributed by atoms with Crippen LogP contribution >= 0.6 is 11.6 Å². The first-order chi connectivity index (χ1) is 9.04. The highest BCUT2D eigenvalue weighted by atomic mass is 35.5. The number of nitrogen functional groups attached to an aromatic ring is 1. The van der Waals surface area contributed by atoms with Crippen LogP contribution in [0.1, 0.15) is 17.3 Å². The molecular weight excluding hydrogens is 264 g/mol. The number of hydrogen-bond acceptors (Lipinski definition) is 4. The lowest BCUT2D eigenvalue weighted by molar-refractivity contribution is 0.486. The van der Waals surface area contributed by atoms with Crippen LogP contribution in [0.3, 0.4) is 0 Å². The summed E-state index contributed by atoms with van der Waals surface area (Å²) in [6.07, 6.45) is 0. The molecule has 0 aliphatic heterocycles. The number of fused-ring (bicyclic) bond motifs is 1. The minimum atomic E-state index is 0.452. The Hall–Kier alpha value is -2.01. The van der Waals surface area contributed by atoms with Gasteiger partial charge in [0, 0.05) is 5.69 Å². The van der Waals surface area contributed by atoms with Gasteiger partial charge in [0.1, 0.15) is 12.1 Å². The van der Waals surface area contributed by atoms with Gasteiger partial charge in [-0.15, -0.1) is 0 Å². The van der Waals surface area contributed by atoms with Crippen LogP contribution in [0.4, 0.5) is 5.69 Å². The maximum absolute atomic E-state index is 6.11. The molecule has 5 nitrogen and oxygen atoms in total. The van der Waals surface area contributed by atoms with E-state index in [0.29, 0.717) is 23.1 Å². The number of nitrogens with two attached hydrogens (primary N) is 1. The molecule has 2 aromatic heterocycles. The van der Waals surface area contributed by atoms with Crippen molar-refractivity contribution in [1.29, 1.82) is 0 Å². The summed E-state index contributed by atoms with van der Waals surface area (Å²) >= 11 is 6.11. The second-order valence-electron chi connectivity index (χ2n) is 4.48. The number of hydrogen-bond donors (Lipinski definition) is 1. The van der Waals surface area contributed by atoms with E-state index < -0.39 is 0 Å². The van der Waals surface area contributed by atoms with Crippen molar-refractivity contribution in [1.82, 2.24) is 14.8 Å². The van der Waals surface area contributed by atoms with Crippen molar-refractivity contribution >= 4 is 28.4 Å². The van der Waals surface area contributed by atoms with E-state index in [4.69, 9.17) is 21.8 Å². The first kappa shape index (κ1) is 12.0. The van der Waals surface area contributed by atoms with Gasteiger partial charge in [0.15, 0.2) is 5.58 Å². The molecule has 0 unspecified atom stereocenters. The van der Waals surface area contributed by atoms with Crippen molar-refractivity contribution in [2.45, 2.75) is 20.4 Å². The van der Waals surface area contributed by atoms with Crippen molar-refractivity contribution in [2.24, 2.45) is 0 Å². The number of halogens is 1. The number of oxazole rings is 1. The third kappa shape index (κ3) is 2.06. The van der Waals surface area contributed by atoms with E-state index in [-0.39, 0.29) is 0 Å². The average molecular weight is 277 g/mol. The normalized spacial score (nSPS) is 11.3. The summed E-state index contributed by atoms with van der Waals surface area (Å²) in [5.74, 6) is 0.586. The van der Waals surface area contributed by atoms with Crippen molar-refractivity contribution in [3.8, 4) is 0 Å². The molecule has 0 saturated carbocycles. The molecule has 6 heteroatoms. The summed E-state index contributed by atoms with van der Waals surface area (Å²) < 4.78 is 7.44. The highest BCUT2D eigenvalue weighted by Crippen LogP contribution is 2.22. The van der Waals surface area contributed by atoms with Crippen LogP contribution in [-0.2, 0) is 6.54 Å². The van der Waals surface area contributed by atoms with E-state index in [9.17, 15) is 0 Å². The van der Waals surface area contributed by atoms with Gasteiger partial charge in [-0.25, -0.2) is 4.98 Å². The summed E-state index contributed by atoms with van der Waals surface area (Å²) in [6, 6.07) is 5.39. The largest absolute Gasteiger partial charge is 0.439 e. The molecule has 3 rings (SSSR count). The quantitative estimate of drug-likeness (QED) is 0.731. The molecule has 0 spiro atoms. The molecule has 0 fully saturated rings. The van der Waals surface area contributed by atoms with Crippen LogP contribution in [0.2, 0.25) is 5.02 Å². The average Bonchev–Trinajstić information content (AvgIpc) is 2.86. The van der Waals surface area contributed by atoms with Gasteiger partial charge >= 0.3 is 0 Å². The number of nitrogens with zero attached hydrogens (tertiary/aromatic N) is 3. The maximum atomic E-state index is 6.11. The molecular formula is C13H13ClN4O. The van der Waals surface area contributed by atoms with Crippen LogP contribution in [0.5, 0.6) is 0 Å². The third-order valence-corrected chi connectivity index (χ3v) is 3.58. The molecule has 0 saturated heterocycles. The Morgan fingerprint density at radius 1 is 1.37 bits per heavy atom. The molecule has 2 heterocycles. The van der Waals surface area contributed by atoms with Crippen molar-refractivity contribution in [2.75, 3.05) is 5.73 Å². The molecule has 0 aliphatic carbocycles. The topological polar surface area (TPSA) is 69.9 Å². The molecule has 0 atom stereocenters. The second kappa shape index (κ2) is 4.28. The Balaban J connectivity index is 1.98. The monoisotopic (exact) mass is 276 g/mol. The second-order valence-corrected chi connectivity index (χ2v) is 4.86. The lowest BCUT2D eigenvalue weighted by atomic mass is 10.3. The number of rotatable bonds is 2. The van der Waals surface area contributed by atoms with E-state index in [2.05, 4.69) is 10.1 Å². The first-order valence-corrected chi connectivity index (χ1v) is 6.27. The predicted molar refractivity (Wildman–Crippen MR) is 74.2 cm³/mol. The summed E-state index contributed by atoms with van der Waals surface area (Å²) in [5.41, 5.74) is 9.56. The lowest BCUT2D eigenvalue weighted by Gasteiger charge is -1.99. The molecule has 2 N–H and O–H groups in total. The molecule has 0 radical (unpaired) electrons. The number of aromatic nitrogens is 3. The van der Waals surface area contributed by atoms with Crippen LogP contribution in [0, 0.1) is 13.8 Å². The van der Waals surface area contributed by atoms with Crippen molar-refractivity contribution < 1.29 is 4.42 Å². The fourth-order valence-corrected chi connectivity index (χ4v) is 2.15. The Kier molecular flexibility index (Phi) is 2.71. The van der Waals surface area contributed by atoms with Crippen molar-refractivity contribution in [3.05, 3.63) is 40.5 Å². The first-order valence-electron chi connectivity index (χ1n) is 5.89. The predicted octanol–water partition coefficient (Wildman–Crippen LogP) is 2.93. The molecule has 0 amide bonds. The van der Waals surface area contributed by atoms with Gasteiger partial charge in [0.2, 0.25) is 5.89 Å². The van der Waals surface area contributed by atoms with Gasteiger partial charge in [0.25, 0.3) is 0 Å². The molecule has 0 bridgehead atoms. The van der Waals surface area contributed by atoms with Crippen LogP contribution in [-0.4, -0.2) is 14.8 Å². The molecule has 98 valence electrons. The summed E-state index contributed by atoms with van der Waals surface area (Å²) in [6.45, 7) is 4.25. The Labute approximate surface area is 115 Å². The fourth-order valence-electron chi connectivity index (χ4n) is 2.02. The van der Waals surface area contributed by atoms with Crippen LogP contribution < -0.4 is 5.73 Å². The molecule has 0 aliphatic rings. The molecule has 1 aromatic carbocycles. The zero-order valence-corrected chi connectivity index (χ0v) is 11.4. The van der Waals surface area contributed by atoms with Gasteiger partial charge in [-0.3, -0.25) is 4.68 Å². The van der Waals surface area contributed by atoms with Crippen molar-refractivity contribution in [3.63, 3.8) is 0 Å². The van der Waals surface area contributed by atoms with Gasteiger partial charge < -0.3 is 10.2 Å². The summed E-state index contributed by atoms with van der Waals surface area (Å²) in [7, 11) is 0. The minimum absolute atomic E-state index is 0.452. The van der Waals surface area contributed by atoms with E-state index in [1.54, 1.807) is 16.8 Å². The fraction of sp³-hybridized carbons (Fsp3) is 0.231. The lowest BCUT2D eigenvalue weighted by Crippen LogP contribution is -2.04. The maximum Gasteiger partial charge on any atom is 0.217 e. The highest BCUT2D eigenvalue weighted by molar-refractivity contribution is 6.31. The Morgan fingerprint density at radius 3 is 2.84 bits per heavy atom. The summed E-state index contributed by atoms with van der Waals surface area (Å²) in [5, 5.41) is 5.03. The standard InChI is InChI=1S/C13H13ClN4O/c1-7-13(14)8(2)18(17-7)6-12-16-10-5-9(15)3-4-11(10)19-12/h3-5H,6,15H2,1-2H3. The number of benzene rings is 1. The number of anilines is 1. The summed E-state index contributed by atoms with van der Waals surface area (Å²) in [4.78, 5) is 4.40. The smallest absolute Gasteiger partial charge is 0.217 e. The minimum Gasteiger partial charge on any atom is -0.439 e. The van der Waals surface area contributed by atoms with E-state index in [1.807, 2.05) is 19.9 Å². The zero-order valence-electron chi connectivity index (χ0n) is 10.6. The van der Waals surface area contributed by atoms with Crippen LogP contribution in [0.25, 0.3) is 11.1 Å². The highest BCUT2D eigenvalue weighted by Gasteiger charge is 2.12. The molecule has 19 heavy (non-hydrogen) atoms. The van der Waals surface area contributed by atoms with Gasteiger partial charge in [-0.05, 0) is 32.0 Å². The van der Waals surface area contributed by atoms with E-state index in [0.717, 1.165) is 22.5 Å². The van der Waals surface area contributed by atoms with Gasteiger partial charge in [0.05, 0.1) is 16.4 Å². The number of aryl methyl sites for hydroxylation is 1. The zero-order chi connectivity index (χ0) is 13.6. The Bertz CT molecular complexity index is 759. The van der Waals surface area contributed by atoms with E-state index in [1.165, 1.54) is 0 Å². The molecule has 3 aromatic rings.